The molecule has 120 valence electrons. The molecule has 0 radical (unpaired) electrons. The zero-order chi connectivity index (χ0) is 16.0. The average molecular weight is 299 g/mol. The molecule has 0 aromatic rings. The van der Waals surface area contributed by atoms with Gasteiger partial charge >= 0.3 is 12.0 Å². The third kappa shape index (κ3) is 5.24. The van der Waals surface area contributed by atoms with Crippen molar-refractivity contribution in [3.05, 3.63) is 0 Å². The SMILES string of the molecule is CCN(CC(N)=O)C(=O)N1CCCC(C(C)CC(=O)O)C1. The molecule has 1 aliphatic rings. The molecule has 1 rings (SSSR count). The lowest BCUT2D eigenvalue weighted by molar-refractivity contribution is -0.138. The normalized spacial score (nSPS) is 19.9. The number of carbonyl (C=O) groups is 3. The van der Waals surface area contributed by atoms with Crippen LogP contribution >= 0.6 is 0 Å². The molecule has 7 nitrogen and oxygen atoms in total. The van der Waals surface area contributed by atoms with E-state index >= 15 is 0 Å². The van der Waals surface area contributed by atoms with Gasteiger partial charge in [-0.2, -0.15) is 0 Å². The molecule has 3 N–H and O–H groups in total. The van der Waals surface area contributed by atoms with Crippen LogP contribution in [0, 0.1) is 11.8 Å². The smallest absolute Gasteiger partial charge is 0.320 e. The van der Waals surface area contributed by atoms with Crippen molar-refractivity contribution in [2.45, 2.75) is 33.1 Å². The number of nitrogens with two attached hydrogens (primary N) is 1. The summed E-state index contributed by atoms with van der Waals surface area (Å²) in [7, 11) is 0. The van der Waals surface area contributed by atoms with Crippen molar-refractivity contribution < 1.29 is 19.5 Å². The third-order valence-electron chi connectivity index (χ3n) is 4.03. The second-order valence-electron chi connectivity index (χ2n) is 5.69. The van der Waals surface area contributed by atoms with E-state index in [0.717, 1.165) is 12.8 Å². The number of urea groups is 1. The van der Waals surface area contributed by atoms with Gasteiger partial charge in [-0.25, -0.2) is 4.79 Å². The highest BCUT2D eigenvalue weighted by atomic mass is 16.4. The Labute approximate surface area is 125 Å². The standard InChI is InChI=1S/C14H25N3O4/c1-3-16(9-12(15)18)14(21)17-6-4-5-11(8-17)10(2)7-13(19)20/h10-11H,3-9H2,1-2H3,(H2,15,18)(H,19,20). The van der Waals surface area contributed by atoms with Crippen LogP contribution < -0.4 is 5.73 Å². The summed E-state index contributed by atoms with van der Waals surface area (Å²) in [5.74, 6) is -1.12. The summed E-state index contributed by atoms with van der Waals surface area (Å²) in [6.07, 6.45) is 1.90. The van der Waals surface area contributed by atoms with Crippen molar-refractivity contribution in [2.75, 3.05) is 26.2 Å². The maximum Gasteiger partial charge on any atom is 0.320 e. The Morgan fingerprint density at radius 1 is 1.43 bits per heavy atom. The van der Waals surface area contributed by atoms with Crippen LogP contribution in [0.25, 0.3) is 0 Å². The lowest BCUT2D eigenvalue weighted by atomic mass is 9.85. The van der Waals surface area contributed by atoms with Crippen molar-refractivity contribution in [1.29, 1.82) is 0 Å². The van der Waals surface area contributed by atoms with Crippen LogP contribution in [0.3, 0.4) is 0 Å². The minimum absolute atomic E-state index is 0.0318. The molecule has 1 saturated heterocycles. The molecule has 0 bridgehead atoms. The summed E-state index contributed by atoms with van der Waals surface area (Å²) in [5.41, 5.74) is 5.15. The molecule has 0 aromatic heterocycles. The van der Waals surface area contributed by atoms with Gasteiger partial charge < -0.3 is 20.6 Å². The van der Waals surface area contributed by atoms with Gasteiger partial charge in [0.1, 0.15) is 6.54 Å². The molecule has 1 fully saturated rings. The average Bonchev–Trinajstić information content (AvgIpc) is 2.43. The Morgan fingerprint density at radius 2 is 2.10 bits per heavy atom. The number of rotatable bonds is 6. The number of hydrogen-bond donors (Lipinski definition) is 2. The third-order valence-corrected chi connectivity index (χ3v) is 4.03. The van der Waals surface area contributed by atoms with Crippen LogP contribution in [0.2, 0.25) is 0 Å². The monoisotopic (exact) mass is 299 g/mol. The minimum atomic E-state index is -0.810. The molecule has 0 aromatic carbocycles. The Bertz CT molecular complexity index is 400. The summed E-state index contributed by atoms with van der Waals surface area (Å²) < 4.78 is 0. The second-order valence-corrected chi connectivity index (χ2v) is 5.69. The number of likely N-dealkylation sites (tertiary alicyclic amines) is 1. The van der Waals surface area contributed by atoms with Crippen LogP contribution in [-0.2, 0) is 9.59 Å². The summed E-state index contributed by atoms with van der Waals surface area (Å²) in [6, 6.07) is -0.191. The highest BCUT2D eigenvalue weighted by Crippen LogP contribution is 2.26. The first-order chi connectivity index (χ1) is 9.85. The van der Waals surface area contributed by atoms with E-state index in [2.05, 4.69) is 0 Å². The number of likely N-dealkylation sites (N-methyl/N-ethyl adjacent to an activating group) is 1. The number of aliphatic carboxylic acids is 1. The van der Waals surface area contributed by atoms with Crippen LogP contribution in [-0.4, -0.2) is 59.0 Å². The lowest BCUT2D eigenvalue weighted by Gasteiger charge is -2.37. The minimum Gasteiger partial charge on any atom is -0.481 e. The molecule has 3 amide bonds. The Morgan fingerprint density at radius 3 is 2.62 bits per heavy atom. The molecule has 21 heavy (non-hydrogen) atoms. The Kier molecular flexibility index (Phi) is 6.45. The van der Waals surface area contributed by atoms with E-state index in [-0.39, 0.29) is 30.8 Å². The number of carboxylic acids is 1. The van der Waals surface area contributed by atoms with Crippen LogP contribution in [0.4, 0.5) is 4.79 Å². The van der Waals surface area contributed by atoms with Crippen molar-refractivity contribution >= 4 is 17.9 Å². The molecular formula is C14H25N3O4. The first-order valence-electron chi connectivity index (χ1n) is 7.39. The van der Waals surface area contributed by atoms with Crippen molar-refractivity contribution in [1.82, 2.24) is 9.80 Å². The zero-order valence-corrected chi connectivity index (χ0v) is 12.7. The van der Waals surface area contributed by atoms with Crippen LogP contribution in [0.1, 0.15) is 33.1 Å². The van der Waals surface area contributed by atoms with E-state index < -0.39 is 11.9 Å². The van der Waals surface area contributed by atoms with E-state index in [1.807, 2.05) is 6.92 Å². The number of carbonyl (C=O) groups excluding carboxylic acids is 2. The number of hydrogen-bond acceptors (Lipinski definition) is 3. The van der Waals surface area contributed by atoms with Gasteiger partial charge in [0, 0.05) is 26.1 Å². The molecule has 0 aliphatic carbocycles. The van der Waals surface area contributed by atoms with E-state index in [1.165, 1.54) is 4.90 Å². The maximum atomic E-state index is 12.4. The molecule has 0 saturated carbocycles. The van der Waals surface area contributed by atoms with Gasteiger partial charge in [0.2, 0.25) is 5.91 Å². The van der Waals surface area contributed by atoms with Crippen LogP contribution in [0.15, 0.2) is 0 Å². The number of carboxylic acid groups (broad SMARTS) is 1. The summed E-state index contributed by atoms with van der Waals surface area (Å²) in [4.78, 5) is 37.3. The Hall–Kier alpha value is -1.79. The van der Waals surface area contributed by atoms with E-state index in [1.54, 1.807) is 11.8 Å². The predicted octanol–water partition coefficient (Wildman–Crippen LogP) is 0.736. The fraction of sp³-hybridized carbons (Fsp3) is 0.786. The highest BCUT2D eigenvalue weighted by Gasteiger charge is 2.30. The summed E-state index contributed by atoms with van der Waals surface area (Å²) in [5, 5.41) is 8.87. The second kappa shape index (κ2) is 7.85. The van der Waals surface area contributed by atoms with Gasteiger partial charge in [-0.1, -0.05) is 6.92 Å². The van der Waals surface area contributed by atoms with Gasteiger partial charge in [0.25, 0.3) is 0 Å². The van der Waals surface area contributed by atoms with E-state index in [9.17, 15) is 14.4 Å². The maximum absolute atomic E-state index is 12.4. The van der Waals surface area contributed by atoms with Gasteiger partial charge in [0.05, 0.1) is 0 Å². The lowest BCUT2D eigenvalue weighted by Crippen LogP contribution is -2.50. The first kappa shape index (κ1) is 17.3. The highest BCUT2D eigenvalue weighted by molar-refractivity contribution is 5.83. The number of primary amides is 1. The molecule has 1 aliphatic heterocycles. The summed E-state index contributed by atoms with van der Waals surface area (Å²) in [6.45, 7) is 5.24. The number of piperidine rings is 1. The predicted molar refractivity (Wildman–Crippen MR) is 77.6 cm³/mol. The largest absolute Gasteiger partial charge is 0.481 e. The van der Waals surface area contributed by atoms with Crippen LogP contribution in [0.5, 0.6) is 0 Å². The van der Waals surface area contributed by atoms with Crippen molar-refractivity contribution in [3.8, 4) is 0 Å². The molecule has 7 heteroatoms. The quantitative estimate of drug-likeness (QED) is 0.754. The number of nitrogens with zero attached hydrogens (tertiary/aromatic N) is 2. The summed E-state index contributed by atoms with van der Waals surface area (Å²) >= 11 is 0. The first-order valence-corrected chi connectivity index (χ1v) is 7.39. The molecule has 2 unspecified atom stereocenters. The van der Waals surface area contributed by atoms with Gasteiger partial charge in [-0.15, -0.1) is 0 Å². The van der Waals surface area contributed by atoms with Gasteiger partial charge in [0.15, 0.2) is 0 Å². The van der Waals surface area contributed by atoms with Gasteiger partial charge in [-0.3, -0.25) is 9.59 Å². The zero-order valence-electron chi connectivity index (χ0n) is 12.7. The fourth-order valence-electron chi connectivity index (χ4n) is 2.79. The van der Waals surface area contributed by atoms with Gasteiger partial charge in [-0.05, 0) is 31.6 Å². The number of amides is 3. The topological polar surface area (TPSA) is 104 Å². The van der Waals surface area contributed by atoms with Crippen molar-refractivity contribution in [2.24, 2.45) is 17.6 Å². The molecule has 2 atom stereocenters. The Balaban J connectivity index is 2.64. The molecule has 0 spiro atoms. The van der Waals surface area contributed by atoms with Crippen molar-refractivity contribution in [3.63, 3.8) is 0 Å². The molecular weight excluding hydrogens is 274 g/mol. The van der Waals surface area contributed by atoms with E-state index in [0.29, 0.717) is 19.6 Å². The van der Waals surface area contributed by atoms with E-state index in [4.69, 9.17) is 10.8 Å². The molecule has 1 heterocycles. The fourth-order valence-corrected chi connectivity index (χ4v) is 2.79.